The molecule has 2 N–H and O–H groups in total. The molecule has 1 aliphatic rings. The maximum Gasteiger partial charge on any atom is 0.242 e. The molecule has 31 heavy (non-hydrogen) atoms. The summed E-state index contributed by atoms with van der Waals surface area (Å²) in [4.78, 5) is 23.2. The minimum Gasteiger partial charge on any atom is -0.506 e. The molecule has 0 atom stereocenters. The maximum atomic E-state index is 12.7. The lowest BCUT2D eigenvalue weighted by atomic mass is 10.2. The first-order chi connectivity index (χ1) is 14.6. The van der Waals surface area contributed by atoms with Crippen LogP contribution in [0.25, 0.3) is 0 Å². The number of aliphatic imine (C=N–C) groups is 1. The number of guanidine groups is 1. The Kier molecular flexibility index (Phi) is 9.90. The van der Waals surface area contributed by atoms with Crippen molar-refractivity contribution >= 4 is 41.5 Å². The van der Waals surface area contributed by atoms with Gasteiger partial charge in [0.25, 0.3) is 0 Å². The summed E-state index contributed by atoms with van der Waals surface area (Å²) in [7, 11) is 1.74. The van der Waals surface area contributed by atoms with Crippen LogP contribution in [0, 0.1) is 0 Å². The molecule has 1 heterocycles. The molecule has 3 rings (SSSR count). The Morgan fingerprint density at radius 1 is 1.06 bits per heavy atom. The zero-order chi connectivity index (χ0) is 21.3. The highest BCUT2D eigenvalue weighted by Crippen LogP contribution is 2.27. The van der Waals surface area contributed by atoms with Crippen LogP contribution in [0.15, 0.2) is 59.6 Å². The van der Waals surface area contributed by atoms with Crippen LogP contribution in [-0.2, 0) is 11.3 Å². The SMILES string of the molecule is CCN(Cc1ccccc1)C(=O)CNC(=NC)N1CCN(c2ccccc2O)CC1.I. The molecule has 0 bridgehead atoms. The molecule has 7 nitrogen and oxygen atoms in total. The molecule has 1 aliphatic heterocycles. The third kappa shape index (κ3) is 6.75. The number of carbonyl (C=O) groups is 1. The van der Waals surface area contributed by atoms with Gasteiger partial charge in [-0.15, -0.1) is 24.0 Å². The van der Waals surface area contributed by atoms with Crippen molar-refractivity contribution in [2.45, 2.75) is 13.5 Å². The fourth-order valence-electron chi connectivity index (χ4n) is 3.67. The van der Waals surface area contributed by atoms with Crippen LogP contribution in [0.2, 0.25) is 0 Å². The zero-order valence-corrected chi connectivity index (χ0v) is 20.5. The van der Waals surface area contributed by atoms with Crippen molar-refractivity contribution < 1.29 is 9.90 Å². The Balaban J connectivity index is 0.00000341. The summed E-state index contributed by atoms with van der Waals surface area (Å²) in [5.74, 6) is 1.09. The molecule has 168 valence electrons. The first kappa shape index (κ1) is 24.8. The van der Waals surface area contributed by atoms with Crippen molar-refractivity contribution in [2.75, 3.05) is 51.2 Å². The van der Waals surface area contributed by atoms with Gasteiger partial charge in [0, 0.05) is 46.3 Å². The van der Waals surface area contributed by atoms with E-state index in [2.05, 4.69) is 20.1 Å². The number of amides is 1. The number of phenols is 1. The average Bonchev–Trinajstić information content (AvgIpc) is 2.79. The Hall–Kier alpha value is -2.49. The highest BCUT2D eigenvalue weighted by atomic mass is 127. The first-order valence-corrected chi connectivity index (χ1v) is 10.4. The minimum atomic E-state index is 0. The fourth-order valence-corrected chi connectivity index (χ4v) is 3.67. The number of rotatable bonds is 6. The summed E-state index contributed by atoms with van der Waals surface area (Å²) in [5.41, 5.74) is 1.98. The lowest BCUT2D eigenvalue weighted by Crippen LogP contribution is -2.54. The number of hydrogen-bond donors (Lipinski definition) is 2. The summed E-state index contributed by atoms with van der Waals surface area (Å²) in [6.45, 7) is 6.57. The molecule has 0 saturated carbocycles. The van der Waals surface area contributed by atoms with Crippen LogP contribution in [-0.4, -0.2) is 73.1 Å². The first-order valence-electron chi connectivity index (χ1n) is 10.4. The van der Waals surface area contributed by atoms with Crippen LogP contribution in [0.5, 0.6) is 5.75 Å². The molecule has 0 spiro atoms. The predicted molar refractivity (Wildman–Crippen MR) is 136 cm³/mol. The summed E-state index contributed by atoms with van der Waals surface area (Å²) in [5, 5.41) is 13.3. The second-order valence-electron chi connectivity index (χ2n) is 7.26. The molecule has 0 radical (unpaired) electrons. The van der Waals surface area contributed by atoms with Crippen molar-refractivity contribution in [3.05, 3.63) is 60.2 Å². The van der Waals surface area contributed by atoms with Crippen LogP contribution in [0.1, 0.15) is 12.5 Å². The number of piperazine rings is 1. The molecule has 8 heteroatoms. The molecular formula is C23H32IN5O2. The third-order valence-corrected chi connectivity index (χ3v) is 5.36. The van der Waals surface area contributed by atoms with Gasteiger partial charge in [-0.1, -0.05) is 42.5 Å². The lowest BCUT2D eigenvalue weighted by molar-refractivity contribution is -0.130. The lowest BCUT2D eigenvalue weighted by Gasteiger charge is -2.37. The maximum absolute atomic E-state index is 12.7. The number of phenolic OH excluding ortho intramolecular Hbond substituents is 1. The van der Waals surface area contributed by atoms with Crippen molar-refractivity contribution in [3.8, 4) is 5.75 Å². The van der Waals surface area contributed by atoms with Gasteiger partial charge in [0.2, 0.25) is 5.91 Å². The van der Waals surface area contributed by atoms with E-state index in [0.29, 0.717) is 18.8 Å². The van der Waals surface area contributed by atoms with Crippen LogP contribution < -0.4 is 10.2 Å². The Bertz CT molecular complexity index is 854. The second kappa shape index (κ2) is 12.4. The number of carbonyl (C=O) groups excluding carboxylic acids is 1. The number of para-hydroxylation sites is 2. The summed E-state index contributed by atoms with van der Waals surface area (Å²) in [6.07, 6.45) is 0. The van der Waals surface area contributed by atoms with E-state index in [-0.39, 0.29) is 36.4 Å². The highest BCUT2D eigenvalue weighted by Gasteiger charge is 2.22. The van der Waals surface area contributed by atoms with Crippen LogP contribution in [0.3, 0.4) is 0 Å². The zero-order valence-electron chi connectivity index (χ0n) is 18.2. The molecule has 2 aromatic carbocycles. The van der Waals surface area contributed by atoms with Gasteiger partial charge in [-0.05, 0) is 24.6 Å². The predicted octanol–water partition coefficient (Wildman–Crippen LogP) is 2.76. The van der Waals surface area contributed by atoms with Crippen molar-refractivity contribution in [1.29, 1.82) is 0 Å². The molecule has 0 aliphatic carbocycles. The van der Waals surface area contributed by atoms with Crippen molar-refractivity contribution in [2.24, 2.45) is 4.99 Å². The largest absolute Gasteiger partial charge is 0.506 e. The van der Waals surface area contributed by atoms with Gasteiger partial charge in [-0.25, -0.2) is 0 Å². The molecule has 1 saturated heterocycles. The number of hydrogen-bond acceptors (Lipinski definition) is 4. The number of benzene rings is 2. The second-order valence-corrected chi connectivity index (χ2v) is 7.26. The van der Waals surface area contributed by atoms with Gasteiger partial charge >= 0.3 is 0 Å². The molecule has 0 aromatic heterocycles. The number of nitrogens with zero attached hydrogens (tertiary/aromatic N) is 4. The average molecular weight is 537 g/mol. The molecule has 1 fully saturated rings. The number of halogens is 1. The number of nitrogens with one attached hydrogen (secondary N) is 1. The minimum absolute atomic E-state index is 0. The molecular weight excluding hydrogens is 505 g/mol. The van der Waals surface area contributed by atoms with Gasteiger partial charge in [-0.2, -0.15) is 0 Å². The van der Waals surface area contributed by atoms with E-state index in [9.17, 15) is 9.90 Å². The summed E-state index contributed by atoms with van der Waals surface area (Å²) in [6, 6.07) is 17.4. The Morgan fingerprint density at radius 3 is 2.32 bits per heavy atom. The Labute approximate surface area is 201 Å². The van der Waals surface area contributed by atoms with Crippen molar-refractivity contribution in [1.82, 2.24) is 15.1 Å². The smallest absolute Gasteiger partial charge is 0.242 e. The van der Waals surface area contributed by atoms with Gasteiger partial charge in [0.05, 0.1) is 12.2 Å². The third-order valence-electron chi connectivity index (χ3n) is 5.36. The fraction of sp³-hybridized carbons (Fsp3) is 0.391. The van der Waals surface area contributed by atoms with Crippen LogP contribution in [0.4, 0.5) is 5.69 Å². The van der Waals surface area contributed by atoms with E-state index in [0.717, 1.165) is 43.4 Å². The van der Waals surface area contributed by atoms with Gasteiger partial charge in [0.15, 0.2) is 5.96 Å². The number of likely N-dealkylation sites (N-methyl/N-ethyl adjacent to an activating group) is 1. The standard InChI is InChI=1S/C23H31N5O2.HI/c1-3-26(18-19-9-5-4-6-10-19)22(30)17-25-23(24-2)28-15-13-27(14-16-28)20-11-7-8-12-21(20)29;/h4-12,29H,3,13-18H2,1-2H3,(H,24,25);1H. The van der Waals surface area contributed by atoms with Crippen LogP contribution >= 0.6 is 24.0 Å². The number of aromatic hydroxyl groups is 1. The molecule has 1 amide bonds. The van der Waals surface area contributed by atoms with Gasteiger partial charge < -0.3 is 25.1 Å². The van der Waals surface area contributed by atoms with E-state index in [1.165, 1.54) is 0 Å². The Morgan fingerprint density at radius 2 is 1.71 bits per heavy atom. The monoisotopic (exact) mass is 537 g/mol. The van der Waals surface area contributed by atoms with Crippen molar-refractivity contribution in [3.63, 3.8) is 0 Å². The van der Waals surface area contributed by atoms with E-state index in [4.69, 9.17) is 0 Å². The van der Waals surface area contributed by atoms with Gasteiger partial charge in [0.1, 0.15) is 5.75 Å². The highest BCUT2D eigenvalue weighted by molar-refractivity contribution is 14.0. The number of anilines is 1. The molecule has 0 unspecified atom stereocenters. The quantitative estimate of drug-likeness (QED) is 0.337. The summed E-state index contributed by atoms with van der Waals surface area (Å²) < 4.78 is 0. The van der Waals surface area contributed by atoms with E-state index >= 15 is 0 Å². The summed E-state index contributed by atoms with van der Waals surface area (Å²) >= 11 is 0. The van der Waals surface area contributed by atoms with E-state index in [1.807, 2.05) is 60.4 Å². The molecule has 2 aromatic rings. The van der Waals surface area contributed by atoms with Gasteiger partial charge in [-0.3, -0.25) is 9.79 Å². The topological polar surface area (TPSA) is 71.4 Å². The van der Waals surface area contributed by atoms with E-state index in [1.54, 1.807) is 13.1 Å². The van der Waals surface area contributed by atoms with E-state index < -0.39 is 0 Å². The normalized spacial score (nSPS) is 14.1.